The highest BCUT2D eigenvalue weighted by Crippen LogP contribution is 2.26. The summed E-state index contributed by atoms with van der Waals surface area (Å²) in [7, 11) is 1.93. The van der Waals surface area contributed by atoms with E-state index in [9.17, 15) is 0 Å². The van der Waals surface area contributed by atoms with Gasteiger partial charge in [-0.3, -0.25) is 0 Å². The second kappa shape index (κ2) is 4.65. The normalized spacial score (nSPS) is 10.9. The van der Waals surface area contributed by atoms with Crippen molar-refractivity contribution in [2.24, 2.45) is 0 Å². The molecule has 0 aromatic heterocycles. The van der Waals surface area contributed by atoms with Crippen LogP contribution in [0.15, 0.2) is 12.1 Å². The zero-order chi connectivity index (χ0) is 10.0. The van der Waals surface area contributed by atoms with E-state index in [1.807, 2.05) is 24.0 Å². The molecule has 0 spiro atoms. The Balaban J connectivity index is 3.06. The van der Waals surface area contributed by atoms with Crippen molar-refractivity contribution in [3.63, 3.8) is 0 Å². The third-order valence-corrected chi connectivity index (χ3v) is 2.57. The van der Waals surface area contributed by atoms with E-state index in [1.165, 1.54) is 0 Å². The topological polar surface area (TPSA) is 3.24 Å². The molecule has 1 aromatic rings. The van der Waals surface area contributed by atoms with E-state index >= 15 is 0 Å². The summed E-state index contributed by atoms with van der Waals surface area (Å²) in [6.45, 7) is 2.77. The lowest BCUT2D eigenvalue weighted by molar-refractivity contribution is 0.583. The third kappa shape index (κ3) is 3.13. The molecule has 1 nitrogen and oxygen atoms in total. The van der Waals surface area contributed by atoms with Gasteiger partial charge in [0.1, 0.15) is 0 Å². The van der Waals surface area contributed by atoms with E-state index < -0.39 is 0 Å². The Kier molecular flexibility index (Phi) is 4.05. The van der Waals surface area contributed by atoms with Crippen LogP contribution in [0.3, 0.4) is 0 Å². The molecule has 1 rings (SSSR count). The van der Waals surface area contributed by atoms with E-state index in [-0.39, 0.29) is 0 Å². The lowest BCUT2D eigenvalue weighted by Crippen LogP contribution is -2.05. The Morgan fingerprint density at radius 1 is 1.38 bits per heavy atom. The fourth-order valence-electron chi connectivity index (χ4n) is 1.15. The minimum Gasteiger partial charge on any atom is -0.241 e. The van der Waals surface area contributed by atoms with Crippen LogP contribution in [0.25, 0.3) is 0 Å². The van der Waals surface area contributed by atoms with Crippen molar-refractivity contribution >= 4 is 39.3 Å². The van der Waals surface area contributed by atoms with Crippen LogP contribution in [0.5, 0.6) is 0 Å². The molecule has 0 unspecified atom stereocenters. The second-order valence-electron chi connectivity index (χ2n) is 2.95. The smallest absolute Gasteiger partial charge is 0.0468 e. The number of hydrogen-bond donors (Lipinski definition) is 0. The molecule has 0 aliphatic heterocycles. The van der Waals surface area contributed by atoms with Gasteiger partial charge in [0.15, 0.2) is 0 Å². The number of rotatable bonds is 2. The molecule has 0 amide bonds. The zero-order valence-electron chi connectivity index (χ0n) is 7.44. The Morgan fingerprint density at radius 3 is 2.46 bits per heavy atom. The van der Waals surface area contributed by atoms with Crippen molar-refractivity contribution in [3.8, 4) is 0 Å². The summed E-state index contributed by atoms with van der Waals surface area (Å²) in [6.07, 6.45) is 0. The van der Waals surface area contributed by atoms with E-state index in [4.69, 9.17) is 23.2 Å². The first-order valence-electron chi connectivity index (χ1n) is 3.82. The number of halogens is 3. The molecule has 1 aromatic carbocycles. The van der Waals surface area contributed by atoms with Crippen LogP contribution in [0.1, 0.15) is 11.1 Å². The Hall–Kier alpha value is 0.240. The second-order valence-corrected chi connectivity index (χ2v) is 5.00. The zero-order valence-corrected chi connectivity index (χ0v) is 10.5. The van der Waals surface area contributed by atoms with Gasteiger partial charge in [0.2, 0.25) is 0 Å². The molecule has 0 aliphatic rings. The molecule has 0 aliphatic carbocycles. The van der Waals surface area contributed by atoms with Crippen LogP contribution in [-0.4, -0.2) is 11.0 Å². The van der Waals surface area contributed by atoms with Gasteiger partial charge in [0, 0.05) is 32.7 Å². The van der Waals surface area contributed by atoms with Gasteiger partial charge in [-0.05, 0) is 37.2 Å². The molecular formula is C9H10BrCl2N. The Bertz CT molecular complexity index is 289. The minimum atomic E-state index is 0.684. The van der Waals surface area contributed by atoms with Gasteiger partial charge in [-0.2, -0.15) is 0 Å². The first-order valence-corrected chi connectivity index (χ1v) is 5.28. The molecule has 0 heterocycles. The van der Waals surface area contributed by atoms with Gasteiger partial charge in [0.25, 0.3) is 0 Å². The van der Waals surface area contributed by atoms with Crippen LogP contribution >= 0.6 is 39.3 Å². The van der Waals surface area contributed by atoms with Gasteiger partial charge < -0.3 is 0 Å². The van der Waals surface area contributed by atoms with Crippen LogP contribution in [-0.2, 0) is 6.54 Å². The summed E-state index contributed by atoms with van der Waals surface area (Å²) >= 11 is 15.2. The first-order chi connectivity index (χ1) is 6.00. The predicted molar refractivity (Wildman–Crippen MR) is 61.6 cm³/mol. The van der Waals surface area contributed by atoms with Crippen molar-refractivity contribution in [3.05, 3.63) is 33.3 Å². The molecule has 0 N–H and O–H groups in total. The van der Waals surface area contributed by atoms with Gasteiger partial charge in [-0.25, -0.2) is 3.93 Å². The molecule has 0 fully saturated rings. The third-order valence-electron chi connectivity index (χ3n) is 1.76. The summed E-state index contributed by atoms with van der Waals surface area (Å²) in [4.78, 5) is 0. The molecule has 0 bridgehead atoms. The van der Waals surface area contributed by atoms with Crippen molar-refractivity contribution in [1.29, 1.82) is 0 Å². The highest BCUT2D eigenvalue weighted by atomic mass is 79.9. The molecule has 72 valence electrons. The molecule has 0 saturated carbocycles. The lowest BCUT2D eigenvalue weighted by Gasteiger charge is -2.12. The van der Waals surface area contributed by atoms with Crippen molar-refractivity contribution < 1.29 is 0 Å². The number of benzene rings is 1. The fourth-order valence-corrected chi connectivity index (χ4v) is 2.06. The van der Waals surface area contributed by atoms with Gasteiger partial charge in [0.05, 0.1) is 0 Å². The first kappa shape index (κ1) is 11.3. The average molecular weight is 283 g/mol. The lowest BCUT2D eigenvalue weighted by atomic mass is 10.1. The summed E-state index contributed by atoms with van der Waals surface area (Å²) in [6, 6.07) is 3.68. The van der Waals surface area contributed by atoms with Crippen molar-refractivity contribution in [2.75, 3.05) is 7.05 Å². The Labute approximate surface area is 97.0 Å². The van der Waals surface area contributed by atoms with E-state index in [0.29, 0.717) is 5.02 Å². The fraction of sp³-hybridized carbons (Fsp3) is 0.333. The predicted octanol–water partition coefficient (Wildman–Crippen LogP) is 4.04. The molecule has 0 radical (unpaired) electrons. The number of nitrogens with zero attached hydrogens (tertiary/aromatic N) is 1. The maximum absolute atomic E-state index is 6.05. The maximum atomic E-state index is 6.05. The molecule has 0 atom stereocenters. The van der Waals surface area contributed by atoms with Crippen LogP contribution < -0.4 is 0 Å². The summed E-state index contributed by atoms with van der Waals surface area (Å²) in [5, 5.41) is 1.40. The van der Waals surface area contributed by atoms with Gasteiger partial charge in [-0.1, -0.05) is 23.2 Å². The van der Waals surface area contributed by atoms with Crippen molar-refractivity contribution in [2.45, 2.75) is 13.5 Å². The van der Waals surface area contributed by atoms with Crippen LogP contribution in [0, 0.1) is 6.92 Å². The molecule has 4 heteroatoms. The van der Waals surface area contributed by atoms with E-state index in [0.717, 1.165) is 22.7 Å². The highest BCUT2D eigenvalue weighted by molar-refractivity contribution is 9.07. The molecule has 0 saturated heterocycles. The number of aryl methyl sites for hydroxylation is 1. The maximum Gasteiger partial charge on any atom is 0.0468 e. The summed E-state index contributed by atoms with van der Waals surface area (Å²) in [5.41, 5.74) is 2.22. The standard InChI is InChI=1S/C9H10BrCl2N/c1-6-3-7(11)4-9(12)8(6)5-13(2)10/h3-4H,5H2,1-2H3. The van der Waals surface area contributed by atoms with Crippen LogP contribution in [0.4, 0.5) is 0 Å². The van der Waals surface area contributed by atoms with Gasteiger partial charge in [-0.15, -0.1) is 0 Å². The highest BCUT2D eigenvalue weighted by Gasteiger charge is 2.07. The largest absolute Gasteiger partial charge is 0.241 e. The summed E-state index contributed by atoms with van der Waals surface area (Å²) < 4.78 is 1.90. The molecular weight excluding hydrogens is 273 g/mol. The molecule has 13 heavy (non-hydrogen) atoms. The van der Waals surface area contributed by atoms with E-state index in [2.05, 4.69) is 16.1 Å². The van der Waals surface area contributed by atoms with Crippen molar-refractivity contribution in [1.82, 2.24) is 3.93 Å². The minimum absolute atomic E-state index is 0.684. The van der Waals surface area contributed by atoms with E-state index in [1.54, 1.807) is 6.07 Å². The Morgan fingerprint density at radius 2 is 2.00 bits per heavy atom. The quantitative estimate of drug-likeness (QED) is 0.740. The van der Waals surface area contributed by atoms with Gasteiger partial charge >= 0.3 is 0 Å². The average Bonchev–Trinajstić information content (AvgIpc) is 1.96. The van der Waals surface area contributed by atoms with Crippen LogP contribution in [0.2, 0.25) is 10.0 Å². The summed E-state index contributed by atoms with van der Waals surface area (Å²) in [5.74, 6) is 0. The number of hydrogen-bond acceptors (Lipinski definition) is 1. The monoisotopic (exact) mass is 281 g/mol. The SMILES string of the molecule is Cc1cc(Cl)cc(Cl)c1CN(C)Br.